The van der Waals surface area contributed by atoms with E-state index in [2.05, 4.69) is 17.2 Å². The molecule has 3 nitrogen and oxygen atoms in total. The summed E-state index contributed by atoms with van der Waals surface area (Å²) >= 11 is 0. The van der Waals surface area contributed by atoms with Crippen LogP contribution in [0, 0.1) is 11.8 Å². The first-order valence-corrected chi connectivity index (χ1v) is 7.86. The predicted octanol–water partition coefficient (Wildman–Crippen LogP) is 4.50. The number of furan rings is 1. The van der Waals surface area contributed by atoms with Gasteiger partial charge in [-0.25, -0.2) is 0 Å². The highest BCUT2D eigenvalue weighted by atomic mass is 19.4. The average molecular weight is 337 g/mol. The third-order valence-electron chi connectivity index (χ3n) is 4.02. The Morgan fingerprint density at radius 1 is 1.25 bits per heavy atom. The first-order chi connectivity index (χ1) is 11.5. The van der Waals surface area contributed by atoms with Gasteiger partial charge in [0, 0.05) is 30.2 Å². The maximum atomic E-state index is 12.9. The molecule has 1 aromatic carbocycles. The molecule has 1 saturated heterocycles. The summed E-state index contributed by atoms with van der Waals surface area (Å²) in [5, 5.41) is 3.83. The second kappa shape index (κ2) is 6.78. The molecule has 0 spiro atoms. The van der Waals surface area contributed by atoms with Gasteiger partial charge in [0.25, 0.3) is 0 Å². The molecular formula is C18H18F3NO2. The van der Waals surface area contributed by atoms with Crippen LogP contribution in [0.1, 0.15) is 31.1 Å². The lowest BCUT2D eigenvalue weighted by molar-refractivity contribution is -0.127. The van der Waals surface area contributed by atoms with E-state index in [-0.39, 0.29) is 17.4 Å². The highest BCUT2D eigenvalue weighted by Gasteiger charge is 2.32. The molecule has 0 saturated carbocycles. The Hall–Kier alpha value is -2.13. The number of hydrogen-bond donors (Lipinski definition) is 1. The number of anilines is 1. The Bertz CT molecular complexity index is 777. The molecule has 1 N–H and O–H groups in total. The van der Waals surface area contributed by atoms with E-state index < -0.39 is 12.6 Å². The van der Waals surface area contributed by atoms with Crippen molar-refractivity contribution in [3.8, 4) is 11.8 Å². The minimum atomic E-state index is -4.31. The Kier molecular flexibility index (Phi) is 4.72. The second-order valence-corrected chi connectivity index (χ2v) is 5.79. The van der Waals surface area contributed by atoms with E-state index in [0.29, 0.717) is 29.9 Å². The number of hydrogen-bond acceptors (Lipinski definition) is 3. The number of rotatable bonds is 3. The summed E-state index contributed by atoms with van der Waals surface area (Å²) in [7, 11) is 0. The number of nitrogens with one attached hydrogen (secondary N) is 1. The van der Waals surface area contributed by atoms with Crippen molar-refractivity contribution in [2.24, 2.45) is 0 Å². The van der Waals surface area contributed by atoms with Crippen LogP contribution in [0.5, 0.6) is 0 Å². The first-order valence-electron chi connectivity index (χ1n) is 7.86. The van der Waals surface area contributed by atoms with E-state index >= 15 is 0 Å². The van der Waals surface area contributed by atoms with E-state index in [1.54, 1.807) is 19.1 Å². The van der Waals surface area contributed by atoms with Gasteiger partial charge in [-0.2, -0.15) is 13.2 Å². The molecule has 0 unspecified atom stereocenters. The monoisotopic (exact) mass is 337 g/mol. The molecule has 2 aromatic rings. The summed E-state index contributed by atoms with van der Waals surface area (Å²) in [6.45, 7) is 2.93. The molecule has 2 heterocycles. The van der Waals surface area contributed by atoms with Crippen molar-refractivity contribution in [1.29, 1.82) is 0 Å². The van der Waals surface area contributed by atoms with Crippen LogP contribution in [0.2, 0.25) is 0 Å². The molecule has 0 radical (unpaired) electrons. The van der Waals surface area contributed by atoms with Crippen molar-refractivity contribution >= 4 is 16.7 Å². The van der Waals surface area contributed by atoms with Gasteiger partial charge in [0.1, 0.15) is 0 Å². The van der Waals surface area contributed by atoms with Crippen LogP contribution in [0.15, 0.2) is 22.6 Å². The van der Waals surface area contributed by atoms with Crippen LogP contribution in [0.4, 0.5) is 18.9 Å². The molecule has 0 aliphatic carbocycles. The van der Waals surface area contributed by atoms with Gasteiger partial charge in [0.05, 0.1) is 12.1 Å². The fourth-order valence-corrected chi connectivity index (χ4v) is 2.94. The zero-order chi connectivity index (χ0) is 17.2. The summed E-state index contributed by atoms with van der Waals surface area (Å²) in [5.41, 5.74) is 1.23. The lowest BCUT2D eigenvalue weighted by atomic mass is 10.1. The maximum Gasteiger partial charge on any atom is 0.393 e. The molecule has 0 atom stereocenters. The summed E-state index contributed by atoms with van der Waals surface area (Å²) in [6.07, 6.45) is -3.65. The largest absolute Gasteiger partial charge is 0.445 e. The van der Waals surface area contributed by atoms with Crippen LogP contribution >= 0.6 is 0 Å². The van der Waals surface area contributed by atoms with E-state index in [9.17, 15) is 13.2 Å². The van der Waals surface area contributed by atoms with E-state index in [1.807, 2.05) is 6.07 Å². The molecule has 6 heteroatoms. The maximum absolute atomic E-state index is 12.9. The summed E-state index contributed by atoms with van der Waals surface area (Å²) in [5.74, 6) is 5.37. The van der Waals surface area contributed by atoms with Gasteiger partial charge in [-0.05, 0) is 31.8 Å². The lowest BCUT2D eigenvalue weighted by Gasteiger charge is -2.24. The topological polar surface area (TPSA) is 34.4 Å². The number of fused-ring (bicyclic) bond motifs is 1. The van der Waals surface area contributed by atoms with Crippen LogP contribution < -0.4 is 5.32 Å². The third-order valence-corrected chi connectivity index (χ3v) is 4.02. The number of halogens is 3. The zero-order valence-corrected chi connectivity index (χ0v) is 13.3. The Labute approximate surface area is 138 Å². The number of alkyl halides is 3. The highest BCUT2D eigenvalue weighted by Crippen LogP contribution is 2.35. The molecule has 128 valence electrons. The number of benzene rings is 1. The lowest BCUT2D eigenvalue weighted by Crippen LogP contribution is -2.27. The Morgan fingerprint density at radius 2 is 2.00 bits per heavy atom. The highest BCUT2D eigenvalue weighted by molar-refractivity contribution is 5.93. The molecule has 3 rings (SSSR count). The average Bonchev–Trinajstić information content (AvgIpc) is 2.86. The van der Waals surface area contributed by atoms with Gasteiger partial charge >= 0.3 is 6.18 Å². The van der Waals surface area contributed by atoms with Gasteiger partial charge < -0.3 is 14.5 Å². The zero-order valence-electron chi connectivity index (χ0n) is 13.3. The minimum Gasteiger partial charge on any atom is -0.445 e. The van der Waals surface area contributed by atoms with Crippen molar-refractivity contribution in [1.82, 2.24) is 0 Å². The summed E-state index contributed by atoms with van der Waals surface area (Å²) < 4.78 is 49.8. The van der Waals surface area contributed by atoms with E-state index in [0.717, 1.165) is 12.8 Å². The molecule has 1 aliphatic heterocycles. The van der Waals surface area contributed by atoms with Gasteiger partial charge in [0.2, 0.25) is 0 Å². The van der Waals surface area contributed by atoms with Crippen LogP contribution in [0.3, 0.4) is 0 Å². The standard InChI is InChI=1S/C18H18F3NO2/c1-2-4-16-14(11-18(19,20)21)13-5-3-6-15(17(13)24-16)22-12-7-9-23-10-8-12/h3,5-6,12,22H,7-11H2,1H3. The van der Waals surface area contributed by atoms with Crippen LogP contribution in [-0.2, 0) is 11.2 Å². The summed E-state index contributed by atoms with van der Waals surface area (Å²) in [4.78, 5) is 0. The van der Waals surface area contributed by atoms with Crippen molar-refractivity contribution in [2.45, 2.75) is 38.4 Å². The first kappa shape index (κ1) is 16.7. The molecule has 1 fully saturated rings. The van der Waals surface area contributed by atoms with Crippen LogP contribution in [-0.4, -0.2) is 25.4 Å². The van der Waals surface area contributed by atoms with Crippen LogP contribution in [0.25, 0.3) is 11.0 Å². The summed E-state index contributed by atoms with van der Waals surface area (Å²) in [6, 6.07) is 5.43. The fourth-order valence-electron chi connectivity index (χ4n) is 2.94. The fraction of sp³-hybridized carbons (Fsp3) is 0.444. The molecule has 0 amide bonds. The minimum absolute atomic E-state index is 0.0889. The Balaban J connectivity index is 2.02. The molecule has 0 bridgehead atoms. The normalized spacial score (nSPS) is 16.0. The molecular weight excluding hydrogens is 319 g/mol. The van der Waals surface area contributed by atoms with Gasteiger partial charge in [0.15, 0.2) is 11.3 Å². The van der Waals surface area contributed by atoms with Crippen molar-refractivity contribution in [3.05, 3.63) is 29.5 Å². The van der Waals surface area contributed by atoms with Crippen molar-refractivity contribution in [3.63, 3.8) is 0 Å². The molecule has 1 aromatic heterocycles. The smallest absolute Gasteiger partial charge is 0.393 e. The van der Waals surface area contributed by atoms with Gasteiger partial charge in [-0.1, -0.05) is 18.1 Å². The van der Waals surface area contributed by atoms with Crippen molar-refractivity contribution < 1.29 is 22.3 Å². The van der Waals surface area contributed by atoms with Gasteiger partial charge in [-0.3, -0.25) is 0 Å². The molecule has 1 aliphatic rings. The number of ether oxygens (including phenoxy) is 1. The van der Waals surface area contributed by atoms with Gasteiger partial charge in [-0.15, -0.1) is 0 Å². The quantitative estimate of drug-likeness (QED) is 0.838. The SMILES string of the molecule is CC#Cc1oc2c(NC3CCOCC3)cccc2c1CC(F)(F)F. The number of para-hydroxylation sites is 1. The molecule has 24 heavy (non-hydrogen) atoms. The van der Waals surface area contributed by atoms with E-state index in [4.69, 9.17) is 9.15 Å². The second-order valence-electron chi connectivity index (χ2n) is 5.79. The predicted molar refractivity (Wildman–Crippen MR) is 86.0 cm³/mol. The van der Waals surface area contributed by atoms with E-state index in [1.165, 1.54) is 0 Å². The van der Waals surface area contributed by atoms with Crippen molar-refractivity contribution in [2.75, 3.05) is 18.5 Å². The third kappa shape index (κ3) is 3.68. The Morgan fingerprint density at radius 3 is 2.67 bits per heavy atom.